The van der Waals surface area contributed by atoms with Crippen LogP contribution in [-0.2, 0) is 14.3 Å². The van der Waals surface area contributed by atoms with Gasteiger partial charge in [-0.15, -0.1) is 0 Å². The topological polar surface area (TPSA) is 106 Å². The van der Waals surface area contributed by atoms with Crippen LogP contribution in [0.15, 0.2) is 30.3 Å². The number of rotatable bonds is 7. The number of likely N-dealkylation sites (tertiary alicyclic amines) is 2. The summed E-state index contributed by atoms with van der Waals surface area (Å²) < 4.78 is 41.2. The molecule has 218 valence electrons. The smallest absolute Gasteiger partial charge is 0.296 e. The van der Waals surface area contributed by atoms with Gasteiger partial charge in [0.1, 0.15) is 11.9 Å². The summed E-state index contributed by atoms with van der Waals surface area (Å²) in [5.41, 5.74) is 0.951. The molecule has 11 nitrogen and oxygen atoms in total. The molecule has 0 unspecified atom stereocenters. The van der Waals surface area contributed by atoms with Crippen LogP contribution < -0.4 is 9.64 Å². The Morgan fingerprint density at radius 2 is 1.76 bits per heavy atom. The molecule has 3 aliphatic heterocycles. The van der Waals surface area contributed by atoms with E-state index < -0.39 is 12.2 Å². The molecular weight excluding hydrogens is 536 g/mol. The molecular formula is C28H33F2N7O4. The van der Waals surface area contributed by atoms with Gasteiger partial charge in [0.05, 0.1) is 37.3 Å². The fourth-order valence-corrected chi connectivity index (χ4v) is 5.63. The molecule has 3 aromatic rings. The third-order valence-electron chi connectivity index (χ3n) is 7.99. The number of alkyl halides is 2. The highest BCUT2D eigenvalue weighted by atomic mass is 19.3. The van der Waals surface area contributed by atoms with Crippen molar-refractivity contribution in [3.63, 3.8) is 0 Å². The van der Waals surface area contributed by atoms with Crippen molar-refractivity contribution in [1.82, 2.24) is 29.3 Å². The molecule has 3 aliphatic rings. The summed E-state index contributed by atoms with van der Waals surface area (Å²) in [6.45, 7) is 5.95. The number of ether oxygens (including phenoxy) is 2. The van der Waals surface area contributed by atoms with Crippen molar-refractivity contribution in [1.29, 1.82) is 0 Å². The van der Waals surface area contributed by atoms with Gasteiger partial charge in [-0.25, -0.2) is 13.8 Å². The Balaban J connectivity index is 1.18. The van der Waals surface area contributed by atoms with E-state index >= 15 is 0 Å². The van der Waals surface area contributed by atoms with Crippen LogP contribution in [0.1, 0.15) is 38.4 Å². The normalized spacial score (nSPS) is 18.7. The van der Waals surface area contributed by atoms with Crippen molar-refractivity contribution in [2.24, 2.45) is 5.92 Å². The zero-order chi connectivity index (χ0) is 28.5. The Morgan fingerprint density at radius 3 is 2.46 bits per heavy atom. The lowest BCUT2D eigenvalue weighted by molar-refractivity contribution is -0.141. The monoisotopic (exact) mass is 569 g/mol. The maximum absolute atomic E-state index is 14.1. The van der Waals surface area contributed by atoms with Crippen LogP contribution >= 0.6 is 0 Å². The van der Waals surface area contributed by atoms with E-state index in [-0.39, 0.29) is 35.5 Å². The number of aromatic nitrogens is 4. The number of anilines is 1. The molecule has 0 spiro atoms. The van der Waals surface area contributed by atoms with Gasteiger partial charge in [-0.3, -0.25) is 14.2 Å². The summed E-state index contributed by atoms with van der Waals surface area (Å²) in [5.74, 6) is 0.880. The van der Waals surface area contributed by atoms with Crippen LogP contribution in [0.3, 0.4) is 0 Å². The molecule has 0 radical (unpaired) electrons. The first-order valence-corrected chi connectivity index (χ1v) is 14.0. The third-order valence-corrected chi connectivity index (χ3v) is 7.99. The first-order valence-electron chi connectivity index (χ1n) is 14.0. The number of para-hydroxylation sites is 2. The number of imidazole rings is 1. The number of morpholine rings is 1. The molecule has 13 heteroatoms. The predicted octanol–water partition coefficient (Wildman–Crippen LogP) is 2.83. The number of piperidine rings is 1. The Kier molecular flexibility index (Phi) is 7.69. The van der Waals surface area contributed by atoms with Crippen molar-refractivity contribution < 1.29 is 27.8 Å². The lowest BCUT2D eigenvalue weighted by Crippen LogP contribution is -2.56. The minimum absolute atomic E-state index is 0.0776. The molecule has 0 saturated carbocycles. The van der Waals surface area contributed by atoms with Gasteiger partial charge >= 0.3 is 0 Å². The molecule has 0 aliphatic carbocycles. The Morgan fingerprint density at radius 1 is 1.02 bits per heavy atom. The van der Waals surface area contributed by atoms with Gasteiger partial charge < -0.3 is 24.2 Å². The van der Waals surface area contributed by atoms with Crippen molar-refractivity contribution in [3.05, 3.63) is 36.2 Å². The number of carbonyl (C=O) groups excluding carboxylic acids is 2. The molecule has 0 bridgehead atoms. The fourth-order valence-electron chi connectivity index (χ4n) is 5.63. The van der Waals surface area contributed by atoms with E-state index in [1.54, 1.807) is 42.2 Å². The number of halogens is 2. The summed E-state index contributed by atoms with van der Waals surface area (Å²) in [6, 6.07) is 8.48. The highest BCUT2D eigenvalue weighted by Gasteiger charge is 2.35. The van der Waals surface area contributed by atoms with E-state index in [1.165, 1.54) is 4.57 Å². The molecule has 41 heavy (non-hydrogen) atoms. The van der Waals surface area contributed by atoms with Gasteiger partial charge in [-0.05, 0) is 30.9 Å². The standard InChI is InChI=1S/C28H33F2N7O4/c1-18(38)34-8-6-19(7-9-34)14-25(39)36-16-20(17-36)41-24-15-23(32-28(33-24)35-10-12-40-13-11-35)37-22-5-3-2-4-21(22)31-27(37)26(29)30/h2-5,15,19-20,26H,6-14,16-17H2,1H3. The quantitative estimate of drug-likeness (QED) is 0.428. The average molecular weight is 570 g/mol. The minimum atomic E-state index is -2.81. The van der Waals surface area contributed by atoms with E-state index in [9.17, 15) is 18.4 Å². The van der Waals surface area contributed by atoms with E-state index in [2.05, 4.69) is 15.0 Å². The van der Waals surface area contributed by atoms with Crippen molar-refractivity contribution in [2.75, 3.05) is 57.4 Å². The number of fused-ring (bicyclic) bond motifs is 1. The van der Waals surface area contributed by atoms with Crippen molar-refractivity contribution in [2.45, 2.75) is 38.7 Å². The van der Waals surface area contributed by atoms with Gasteiger partial charge in [0.15, 0.2) is 5.82 Å². The van der Waals surface area contributed by atoms with Crippen LogP contribution in [0.4, 0.5) is 14.7 Å². The van der Waals surface area contributed by atoms with Crippen LogP contribution in [0, 0.1) is 5.92 Å². The number of benzene rings is 1. The lowest BCUT2D eigenvalue weighted by atomic mass is 9.92. The fraction of sp³-hybridized carbons (Fsp3) is 0.536. The molecule has 3 fully saturated rings. The maximum Gasteiger partial charge on any atom is 0.296 e. The summed E-state index contributed by atoms with van der Waals surface area (Å²) >= 11 is 0. The highest BCUT2D eigenvalue weighted by molar-refractivity contribution is 5.78. The molecule has 0 atom stereocenters. The van der Waals surface area contributed by atoms with Crippen molar-refractivity contribution in [3.8, 4) is 11.7 Å². The van der Waals surface area contributed by atoms with E-state index in [0.717, 1.165) is 12.8 Å². The van der Waals surface area contributed by atoms with Gasteiger partial charge in [0.2, 0.25) is 23.6 Å². The second kappa shape index (κ2) is 11.6. The Labute approximate surface area is 236 Å². The summed E-state index contributed by atoms with van der Waals surface area (Å²) in [4.78, 5) is 43.4. The Hall–Kier alpha value is -3.87. The number of carbonyl (C=O) groups is 2. The number of amides is 2. The molecule has 5 heterocycles. The molecule has 3 saturated heterocycles. The number of nitrogens with zero attached hydrogens (tertiary/aromatic N) is 7. The average Bonchev–Trinajstić information content (AvgIpc) is 3.35. The minimum Gasteiger partial charge on any atom is -0.470 e. The SMILES string of the molecule is CC(=O)N1CCC(CC(=O)N2CC(Oc3cc(-n4c(C(F)F)nc5ccccc54)nc(N4CCOCC4)n3)C2)CC1. The summed E-state index contributed by atoms with van der Waals surface area (Å²) in [6.07, 6.45) is -0.961. The van der Waals surface area contributed by atoms with Crippen molar-refractivity contribution >= 4 is 28.8 Å². The van der Waals surface area contributed by atoms with E-state index in [0.29, 0.717) is 75.9 Å². The zero-order valence-electron chi connectivity index (χ0n) is 22.9. The third kappa shape index (κ3) is 5.81. The van der Waals surface area contributed by atoms with Gasteiger partial charge in [0, 0.05) is 45.6 Å². The summed E-state index contributed by atoms with van der Waals surface area (Å²) in [7, 11) is 0. The molecule has 2 amide bonds. The highest BCUT2D eigenvalue weighted by Crippen LogP contribution is 2.30. The lowest BCUT2D eigenvalue weighted by Gasteiger charge is -2.40. The van der Waals surface area contributed by atoms with Gasteiger partial charge in [0.25, 0.3) is 6.43 Å². The molecule has 6 rings (SSSR count). The van der Waals surface area contributed by atoms with Crippen LogP contribution in [0.25, 0.3) is 16.9 Å². The van der Waals surface area contributed by atoms with E-state index in [1.807, 2.05) is 9.80 Å². The molecule has 1 aromatic carbocycles. The molecule has 2 aromatic heterocycles. The van der Waals surface area contributed by atoms with Gasteiger partial charge in [-0.2, -0.15) is 9.97 Å². The number of hydrogen-bond acceptors (Lipinski definition) is 8. The van der Waals surface area contributed by atoms with Gasteiger partial charge in [-0.1, -0.05) is 12.1 Å². The first kappa shape index (κ1) is 27.3. The summed E-state index contributed by atoms with van der Waals surface area (Å²) in [5, 5.41) is 0. The van der Waals surface area contributed by atoms with Crippen LogP contribution in [0.2, 0.25) is 0 Å². The first-order chi connectivity index (χ1) is 19.9. The van der Waals surface area contributed by atoms with Crippen LogP contribution in [0.5, 0.6) is 5.88 Å². The largest absolute Gasteiger partial charge is 0.470 e. The number of hydrogen-bond donors (Lipinski definition) is 0. The second-order valence-corrected chi connectivity index (χ2v) is 10.8. The second-order valence-electron chi connectivity index (χ2n) is 10.8. The van der Waals surface area contributed by atoms with E-state index in [4.69, 9.17) is 9.47 Å². The zero-order valence-corrected chi connectivity index (χ0v) is 22.9. The Bertz CT molecular complexity index is 1410. The maximum atomic E-state index is 14.1. The van der Waals surface area contributed by atoms with Crippen LogP contribution in [-0.4, -0.2) is 99.7 Å². The predicted molar refractivity (Wildman–Crippen MR) is 145 cm³/mol. The molecule has 0 N–H and O–H groups in total.